The summed E-state index contributed by atoms with van der Waals surface area (Å²) in [4.78, 5) is 15.6. The number of rotatable bonds is 7. The van der Waals surface area contributed by atoms with Crippen LogP contribution in [-0.4, -0.2) is 50.1 Å². The molecule has 0 aliphatic rings. The van der Waals surface area contributed by atoms with Gasteiger partial charge < -0.3 is 14.0 Å². The van der Waals surface area contributed by atoms with Crippen molar-refractivity contribution in [1.82, 2.24) is 9.80 Å². The molecule has 0 aliphatic heterocycles. The standard InChI is InChI=1S/C16H26N2O4S/c1-6-13(3)18(16(19)17(4)5)12-14-9-8-10-15(11-14)22-23(20,21)7-2/h8-11,13H,6-7,12H2,1-5H3/t13-/m0/s1. The summed E-state index contributed by atoms with van der Waals surface area (Å²) < 4.78 is 28.1. The second-order valence-electron chi connectivity index (χ2n) is 5.64. The summed E-state index contributed by atoms with van der Waals surface area (Å²) in [5.74, 6) is 0.181. The molecule has 130 valence electrons. The van der Waals surface area contributed by atoms with Gasteiger partial charge in [-0.1, -0.05) is 19.1 Å². The molecule has 0 aliphatic carbocycles. The van der Waals surface area contributed by atoms with Crippen LogP contribution in [0.2, 0.25) is 0 Å². The zero-order valence-electron chi connectivity index (χ0n) is 14.4. The molecular formula is C16H26N2O4S. The molecule has 0 spiro atoms. The van der Waals surface area contributed by atoms with E-state index in [1.54, 1.807) is 37.2 Å². The number of carbonyl (C=O) groups is 1. The van der Waals surface area contributed by atoms with Crippen LogP contribution in [0.4, 0.5) is 4.79 Å². The predicted molar refractivity (Wildman–Crippen MR) is 90.9 cm³/mol. The second kappa shape index (κ2) is 8.19. The first-order valence-electron chi connectivity index (χ1n) is 7.69. The van der Waals surface area contributed by atoms with Crippen LogP contribution in [0, 0.1) is 0 Å². The van der Waals surface area contributed by atoms with Gasteiger partial charge >= 0.3 is 16.1 Å². The Kier molecular flexibility index (Phi) is 6.87. The summed E-state index contributed by atoms with van der Waals surface area (Å²) in [5, 5.41) is 0. The number of hydrogen-bond acceptors (Lipinski definition) is 4. The molecule has 0 aromatic heterocycles. The summed E-state index contributed by atoms with van der Waals surface area (Å²) in [7, 11) is -0.131. The Morgan fingerprint density at radius 1 is 1.26 bits per heavy atom. The minimum atomic E-state index is -3.56. The van der Waals surface area contributed by atoms with Crippen molar-refractivity contribution in [2.45, 2.75) is 39.8 Å². The van der Waals surface area contributed by atoms with E-state index in [0.29, 0.717) is 6.54 Å². The van der Waals surface area contributed by atoms with Gasteiger partial charge in [-0.15, -0.1) is 0 Å². The molecule has 0 N–H and O–H groups in total. The molecule has 0 bridgehead atoms. The van der Waals surface area contributed by atoms with Gasteiger partial charge in [0.2, 0.25) is 0 Å². The number of amides is 2. The average molecular weight is 342 g/mol. The number of urea groups is 1. The van der Waals surface area contributed by atoms with Crippen LogP contribution >= 0.6 is 0 Å². The van der Waals surface area contributed by atoms with Crippen molar-refractivity contribution in [3.8, 4) is 5.75 Å². The van der Waals surface area contributed by atoms with Crippen molar-refractivity contribution in [1.29, 1.82) is 0 Å². The molecule has 7 heteroatoms. The van der Waals surface area contributed by atoms with Gasteiger partial charge in [-0.3, -0.25) is 0 Å². The molecule has 1 aromatic rings. The van der Waals surface area contributed by atoms with E-state index < -0.39 is 10.1 Å². The van der Waals surface area contributed by atoms with Crippen molar-refractivity contribution in [3.05, 3.63) is 29.8 Å². The van der Waals surface area contributed by atoms with E-state index in [-0.39, 0.29) is 23.6 Å². The predicted octanol–water partition coefficient (Wildman–Crippen LogP) is 2.70. The van der Waals surface area contributed by atoms with Gasteiger partial charge in [0.15, 0.2) is 0 Å². The summed E-state index contributed by atoms with van der Waals surface area (Å²) in [6.07, 6.45) is 0.833. The van der Waals surface area contributed by atoms with Gasteiger partial charge in [0, 0.05) is 26.7 Å². The average Bonchev–Trinajstić information content (AvgIpc) is 2.51. The largest absolute Gasteiger partial charge is 0.382 e. The van der Waals surface area contributed by atoms with Gasteiger partial charge in [0.25, 0.3) is 0 Å². The fourth-order valence-corrected chi connectivity index (χ4v) is 2.50. The molecule has 1 atom stereocenters. The van der Waals surface area contributed by atoms with E-state index in [9.17, 15) is 13.2 Å². The quantitative estimate of drug-likeness (QED) is 0.715. The lowest BCUT2D eigenvalue weighted by atomic mass is 10.1. The Hall–Kier alpha value is -1.76. The molecule has 0 radical (unpaired) electrons. The molecule has 0 saturated carbocycles. The molecule has 2 amide bonds. The summed E-state index contributed by atoms with van der Waals surface area (Å²) in [6.45, 7) is 5.94. The summed E-state index contributed by atoms with van der Waals surface area (Å²) in [5.41, 5.74) is 0.823. The maximum Gasteiger partial charge on any atom is 0.320 e. The highest BCUT2D eigenvalue weighted by molar-refractivity contribution is 7.87. The zero-order chi connectivity index (χ0) is 17.6. The first-order valence-corrected chi connectivity index (χ1v) is 9.27. The van der Waals surface area contributed by atoms with E-state index >= 15 is 0 Å². The maximum absolute atomic E-state index is 12.3. The molecule has 0 heterocycles. The van der Waals surface area contributed by atoms with Gasteiger partial charge in [-0.05, 0) is 38.0 Å². The Morgan fingerprint density at radius 3 is 2.43 bits per heavy atom. The van der Waals surface area contributed by atoms with Crippen molar-refractivity contribution in [2.24, 2.45) is 0 Å². The smallest absolute Gasteiger partial charge is 0.320 e. The monoisotopic (exact) mass is 342 g/mol. The van der Waals surface area contributed by atoms with Crippen molar-refractivity contribution >= 4 is 16.1 Å². The van der Waals surface area contributed by atoms with E-state index in [4.69, 9.17) is 4.18 Å². The van der Waals surface area contributed by atoms with Crippen LogP contribution in [-0.2, 0) is 16.7 Å². The van der Waals surface area contributed by atoms with E-state index in [1.165, 1.54) is 11.8 Å². The lowest BCUT2D eigenvalue weighted by molar-refractivity contribution is 0.148. The highest BCUT2D eigenvalue weighted by atomic mass is 32.2. The van der Waals surface area contributed by atoms with E-state index in [2.05, 4.69) is 0 Å². The fourth-order valence-electron chi connectivity index (χ4n) is 1.99. The van der Waals surface area contributed by atoms with Crippen molar-refractivity contribution in [3.63, 3.8) is 0 Å². The van der Waals surface area contributed by atoms with Crippen LogP contribution in [0.3, 0.4) is 0 Å². The van der Waals surface area contributed by atoms with Crippen LogP contribution in [0.5, 0.6) is 5.75 Å². The van der Waals surface area contributed by atoms with E-state index in [0.717, 1.165) is 12.0 Å². The molecule has 1 rings (SSSR count). The Morgan fingerprint density at radius 2 is 1.91 bits per heavy atom. The minimum Gasteiger partial charge on any atom is -0.382 e. The number of benzene rings is 1. The molecule has 23 heavy (non-hydrogen) atoms. The maximum atomic E-state index is 12.3. The van der Waals surface area contributed by atoms with Gasteiger partial charge in [0.05, 0.1) is 5.75 Å². The summed E-state index contributed by atoms with van der Waals surface area (Å²) >= 11 is 0. The van der Waals surface area contributed by atoms with Crippen LogP contribution < -0.4 is 4.18 Å². The Labute approximate surface area is 139 Å². The third-order valence-electron chi connectivity index (χ3n) is 3.58. The number of hydrogen-bond donors (Lipinski definition) is 0. The number of carbonyl (C=O) groups excluding carboxylic acids is 1. The molecular weight excluding hydrogens is 316 g/mol. The minimum absolute atomic E-state index is 0.0770. The Bertz CT molecular complexity index is 629. The van der Waals surface area contributed by atoms with Crippen molar-refractivity contribution in [2.75, 3.05) is 19.8 Å². The molecule has 0 unspecified atom stereocenters. The zero-order valence-corrected chi connectivity index (χ0v) is 15.3. The van der Waals surface area contributed by atoms with Crippen LogP contribution in [0.15, 0.2) is 24.3 Å². The summed E-state index contributed by atoms with van der Waals surface area (Å²) in [6, 6.07) is 6.83. The molecule has 1 aromatic carbocycles. The molecule has 0 fully saturated rings. The van der Waals surface area contributed by atoms with Crippen LogP contribution in [0.25, 0.3) is 0 Å². The topological polar surface area (TPSA) is 66.9 Å². The first-order chi connectivity index (χ1) is 10.7. The molecule has 6 nitrogen and oxygen atoms in total. The highest BCUT2D eigenvalue weighted by Crippen LogP contribution is 2.19. The second-order valence-corrected chi connectivity index (χ2v) is 7.50. The highest BCUT2D eigenvalue weighted by Gasteiger charge is 2.21. The normalized spacial score (nSPS) is 12.6. The lowest BCUT2D eigenvalue weighted by Crippen LogP contribution is -2.43. The van der Waals surface area contributed by atoms with Crippen LogP contribution in [0.1, 0.15) is 32.8 Å². The molecule has 0 saturated heterocycles. The SMILES string of the molecule is CC[C@H](C)N(Cc1cccc(OS(=O)(=O)CC)c1)C(=O)N(C)C. The van der Waals surface area contributed by atoms with Gasteiger partial charge in [-0.2, -0.15) is 8.42 Å². The van der Waals surface area contributed by atoms with Crippen molar-refractivity contribution < 1.29 is 17.4 Å². The third kappa shape index (κ3) is 5.74. The van der Waals surface area contributed by atoms with Gasteiger partial charge in [0.1, 0.15) is 5.75 Å². The number of nitrogens with zero attached hydrogens (tertiary/aromatic N) is 2. The van der Waals surface area contributed by atoms with Gasteiger partial charge in [-0.25, -0.2) is 4.79 Å². The lowest BCUT2D eigenvalue weighted by Gasteiger charge is -2.31. The third-order valence-corrected chi connectivity index (χ3v) is 4.73. The Balaban J connectivity index is 2.99. The van der Waals surface area contributed by atoms with E-state index in [1.807, 2.05) is 19.9 Å². The first kappa shape index (κ1) is 19.3. The fraction of sp³-hybridized carbons (Fsp3) is 0.562.